The van der Waals surface area contributed by atoms with Gasteiger partial charge in [-0.15, -0.1) is 11.8 Å². The first kappa shape index (κ1) is 23.9. The highest BCUT2D eigenvalue weighted by Crippen LogP contribution is 2.68. The van der Waals surface area contributed by atoms with Crippen LogP contribution in [0.25, 0.3) is 0 Å². The molecule has 170 valence electrons. The summed E-state index contributed by atoms with van der Waals surface area (Å²) in [5, 5.41) is 15.9. The van der Waals surface area contributed by atoms with Crippen molar-refractivity contribution < 1.29 is 19.5 Å². The van der Waals surface area contributed by atoms with E-state index in [1.54, 1.807) is 23.7 Å². The summed E-state index contributed by atoms with van der Waals surface area (Å²) in [5.74, 6) is -1.44. The molecule has 8 atom stereocenters. The summed E-state index contributed by atoms with van der Waals surface area (Å²) in [5.41, 5.74) is 0. The van der Waals surface area contributed by atoms with Crippen LogP contribution in [0.2, 0.25) is 0 Å². The van der Waals surface area contributed by atoms with Crippen LogP contribution in [-0.2, 0) is 14.4 Å². The van der Waals surface area contributed by atoms with E-state index in [-0.39, 0.29) is 40.3 Å². The molecule has 0 saturated carbocycles. The fourth-order valence-corrected chi connectivity index (χ4v) is 9.09. The van der Waals surface area contributed by atoms with Gasteiger partial charge in [0.1, 0.15) is 6.04 Å². The molecule has 3 fully saturated rings. The standard InChI is InChI=1S/C21H34BrN3O4S/c1-5-7-8-24-19(28)17-21-9-12(22)16(30-21)14(18(27)23-4)15(21)20(29)25(17)13(10-26)11(3)6-2/h11-17,26H,5-10H2,1-4H3,(H,23,27)(H,24,28)/t11-,12?,13-,14+,15-,16+,17?,21?/m0/s1. The zero-order chi connectivity index (χ0) is 22.2. The van der Waals surface area contributed by atoms with Crippen LogP contribution < -0.4 is 10.6 Å². The van der Waals surface area contributed by atoms with Crippen LogP contribution in [0.3, 0.4) is 0 Å². The molecule has 3 aliphatic rings. The molecule has 0 aromatic heterocycles. The molecule has 3 unspecified atom stereocenters. The van der Waals surface area contributed by atoms with Gasteiger partial charge in [-0.25, -0.2) is 0 Å². The summed E-state index contributed by atoms with van der Waals surface area (Å²) in [4.78, 5) is 41.8. The number of amides is 3. The first-order chi connectivity index (χ1) is 14.3. The first-order valence-corrected chi connectivity index (χ1v) is 12.8. The van der Waals surface area contributed by atoms with Gasteiger partial charge in [0.25, 0.3) is 0 Å². The molecule has 0 aromatic carbocycles. The maximum absolute atomic E-state index is 13.8. The average Bonchev–Trinajstić information content (AvgIpc) is 3.32. The molecular weight excluding hydrogens is 470 g/mol. The highest BCUT2D eigenvalue weighted by molar-refractivity contribution is 9.09. The summed E-state index contributed by atoms with van der Waals surface area (Å²) >= 11 is 5.36. The number of unbranched alkanes of at least 4 members (excludes halogenated alkanes) is 1. The lowest BCUT2D eigenvalue weighted by Gasteiger charge is -2.39. The molecule has 30 heavy (non-hydrogen) atoms. The summed E-state index contributed by atoms with van der Waals surface area (Å²) in [6.07, 6.45) is 3.28. The SMILES string of the molecule is CCCCNC(=O)C1N([C@@H](CO)[C@@H](C)CC)C(=O)[C@@H]2[C@@H](C(=O)NC)[C@@H]3SC12CC3Br. The van der Waals surface area contributed by atoms with Crippen molar-refractivity contribution in [3.8, 4) is 0 Å². The third kappa shape index (κ3) is 3.58. The lowest BCUT2D eigenvalue weighted by Crippen LogP contribution is -2.58. The molecule has 1 spiro atoms. The minimum absolute atomic E-state index is 0.0387. The molecule has 3 N–H and O–H groups in total. The quantitative estimate of drug-likeness (QED) is 0.327. The van der Waals surface area contributed by atoms with Crippen LogP contribution >= 0.6 is 27.7 Å². The van der Waals surface area contributed by atoms with Gasteiger partial charge < -0.3 is 20.6 Å². The van der Waals surface area contributed by atoms with Gasteiger partial charge in [-0.2, -0.15) is 0 Å². The van der Waals surface area contributed by atoms with Gasteiger partial charge in [0.05, 0.1) is 29.2 Å². The van der Waals surface area contributed by atoms with Gasteiger partial charge in [-0.1, -0.05) is 49.5 Å². The maximum Gasteiger partial charge on any atom is 0.244 e. The number of aliphatic hydroxyl groups excluding tert-OH is 1. The number of nitrogens with zero attached hydrogens (tertiary/aromatic N) is 1. The molecule has 0 aromatic rings. The lowest BCUT2D eigenvalue weighted by atomic mass is 9.70. The smallest absolute Gasteiger partial charge is 0.244 e. The Kier molecular flexibility index (Phi) is 7.45. The summed E-state index contributed by atoms with van der Waals surface area (Å²) in [6, 6.07) is -1.12. The van der Waals surface area contributed by atoms with Crippen molar-refractivity contribution in [3.63, 3.8) is 0 Å². The van der Waals surface area contributed by atoms with Crippen molar-refractivity contribution in [2.24, 2.45) is 17.8 Å². The third-order valence-electron chi connectivity index (χ3n) is 7.20. The number of fused-ring (bicyclic) bond motifs is 1. The molecule has 3 saturated heterocycles. The maximum atomic E-state index is 13.8. The first-order valence-electron chi connectivity index (χ1n) is 11.0. The van der Waals surface area contributed by atoms with Gasteiger partial charge in [-0.05, 0) is 18.8 Å². The van der Waals surface area contributed by atoms with Gasteiger partial charge in [-0.3, -0.25) is 14.4 Å². The van der Waals surface area contributed by atoms with Gasteiger partial charge in [0.15, 0.2) is 0 Å². The number of hydrogen-bond donors (Lipinski definition) is 3. The van der Waals surface area contributed by atoms with Gasteiger partial charge in [0.2, 0.25) is 17.7 Å². The predicted octanol–water partition coefficient (Wildman–Crippen LogP) is 1.52. The largest absolute Gasteiger partial charge is 0.394 e. The van der Waals surface area contributed by atoms with E-state index in [1.807, 2.05) is 13.8 Å². The second-order valence-corrected chi connectivity index (χ2v) is 11.5. The normalized spacial score (nSPS) is 36.5. The zero-order valence-corrected chi connectivity index (χ0v) is 20.6. The Labute approximate surface area is 191 Å². The van der Waals surface area contributed by atoms with Crippen LogP contribution in [0.15, 0.2) is 0 Å². The van der Waals surface area contributed by atoms with Gasteiger partial charge >= 0.3 is 0 Å². The van der Waals surface area contributed by atoms with Gasteiger partial charge in [0, 0.05) is 23.7 Å². The van der Waals surface area contributed by atoms with Crippen molar-refractivity contribution in [1.29, 1.82) is 0 Å². The monoisotopic (exact) mass is 503 g/mol. The number of thioether (sulfide) groups is 1. The van der Waals surface area contributed by atoms with E-state index in [2.05, 4.69) is 33.5 Å². The van der Waals surface area contributed by atoms with E-state index in [0.29, 0.717) is 13.0 Å². The molecule has 3 rings (SSSR count). The number of alkyl halides is 1. The Morgan fingerprint density at radius 1 is 1.37 bits per heavy atom. The van der Waals surface area contributed by atoms with E-state index >= 15 is 0 Å². The minimum Gasteiger partial charge on any atom is -0.394 e. The Balaban J connectivity index is 2.06. The molecule has 0 aliphatic carbocycles. The Morgan fingerprint density at radius 2 is 2.07 bits per heavy atom. The number of hydrogen-bond acceptors (Lipinski definition) is 5. The summed E-state index contributed by atoms with van der Waals surface area (Å²) in [6.45, 7) is 6.45. The highest BCUT2D eigenvalue weighted by atomic mass is 79.9. The van der Waals surface area contributed by atoms with Crippen molar-refractivity contribution in [2.75, 3.05) is 20.2 Å². The predicted molar refractivity (Wildman–Crippen MR) is 121 cm³/mol. The van der Waals surface area contributed by atoms with Crippen molar-refractivity contribution in [3.05, 3.63) is 0 Å². The van der Waals surface area contributed by atoms with Crippen LogP contribution in [0.1, 0.15) is 46.5 Å². The molecule has 3 aliphatic heterocycles. The highest BCUT2D eigenvalue weighted by Gasteiger charge is 2.76. The zero-order valence-electron chi connectivity index (χ0n) is 18.2. The topological polar surface area (TPSA) is 98.7 Å². The van der Waals surface area contributed by atoms with Crippen molar-refractivity contribution in [2.45, 2.75) is 73.4 Å². The second kappa shape index (κ2) is 9.36. The third-order valence-corrected chi connectivity index (χ3v) is 10.4. The number of carbonyl (C=O) groups excluding carboxylic acids is 3. The van der Waals surface area contributed by atoms with Crippen LogP contribution in [0.5, 0.6) is 0 Å². The molecule has 9 heteroatoms. The molecular formula is C21H34BrN3O4S. The number of likely N-dealkylation sites (tertiary alicyclic amines) is 1. The van der Waals surface area contributed by atoms with E-state index in [1.165, 1.54) is 0 Å². The van der Waals surface area contributed by atoms with Crippen molar-refractivity contribution >= 4 is 45.4 Å². The lowest BCUT2D eigenvalue weighted by molar-refractivity contribution is -0.143. The molecule has 3 amide bonds. The van der Waals surface area contributed by atoms with Crippen molar-refractivity contribution in [1.82, 2.24) is 15.5 Å². The Bertz CT molecular complexity index is 695. The molecule has 7 nitrogen and oxygen atoms in total. The summed E-state index contributed by atoms with van der Waals surface area (Å²) in [7, 11) is 1.59. The fourth-order valence-electron chi connectivity index (χ4n) is 5.49. The van der Waals surface area contributed by atoms with Crippen LogP contribution in [0, 0.1) is 17.8 Å². The Morgan fingerprint density at radius 3 is 2.63 bits per heavy atom. The van der Waals surface area contributed by atoms with E-state index in [9.17, 15) is 19.5 Å². The number of nitrogens with one attached hydrogen (secondary N) is 2. The van der Waals surface area contributed by atoms with E-state index < -0.39 is 28.7 Å². The van der Waals surface area contributed by atoms with E-state index in [0.717, 1.165) is 19.3 Å². The number of carbonyl (C=O) groups is 3. The van der Waals surface area contributed by atoms with Crippen LogP contribution in [0.4, 0.5) is 0 Å². The minimum atomic E-state index is -0.678. The molecule has 2 bridgehead atoms. The molecule has 0 radical (unpaired) electrons. The number of halogens is 1. The number of aliphatic hydroxyl groups is 1. The Hall–Kier alpha value is -0.800. The summed E-state index contributed by atoms with van der Waals surface area (Å²) < 4.78 is -0.649. The number of rotatable bonds is 9. The fraction of sp³-hybridized carbons (Fsp3) is 0.857. The van der Waals surface area contributed by atoms with E-state index in [4.69, 9.17) is 0 Å². The average molecular weight is 504 g/mol. The molecule has 3 heterocycles. The second-order valence-electron chi connectivity index (χ2n) is 8.80. The van der Waals surface area contributed by atoms with Crippen LogP contribution in [-0.4, -0.2) is 74.8 Å².